The first-order valence-electron chi connectivity index (χ1n) is 10.0. The maximum Gasteiger partial charge on any atom is 0.221 e. The fourth-order valence-corrected chi connectivity index (χ4v) is 3.03. The number of allylic oxidation sites excluding steroid dienone is 2. The van der Waals surface area contributed by atoms with E-state index in [4.69, 9.17) is 10.00 Å². The molecule has 0 atom stereocenters. The summed E-state index contributed by atoms with van der Waals surface area (Å²) in [5.41, 5.74) is 2.74. The van der Waals surface area contributed by atoms with Crippen LogP contribution < -0.4 is 15.4 Å². The molecule has 5 heteroatoms. The van der Waals surface area contributed by atoms with Crippen LogP contribution in [0.5, 0.6) is 11.6 Å². The monoisotopic (exact) mass is 398 g/mol. The van der Waals surface area contributed by atoms with Gasteiger partial charge in [-0.3, -0.25) is 0 Å². The van der Waals surface area contributed by atoms with Crippen LogP contribution in [0.1, 0.15) is 25.8 Å². The molecule has 3 aromatic rings. The summed E-state index contributed by atoms with van der Waals surface area (Å²) in [7, 11) is 0. The molecule has 0 aliphatic heterocycles. The molecule has 0 aliphatic rings. The Morgan fingerprint density at radius 1 is 1.20 bits per heavy atom. The maximum absolute atomic E-state index is 8.81. The van der Waals surface area contributed by atoms with Gasteiger partial charge < -0.3 is 15.4 Å². The lowest BCUT2D eigenvalue weighted by Crippen LogP contribution is -2.12. The number of nitriles is 1. The van der Waals surface area contributed by atoms with Crippen molar-refractivity contribution in [2.45, 2.75) is 26.7 Å². The van der Waals surface area contributed by atoms with Crippen molar-refractivity contribution in [1.82, 2.24) is 10.3 Å². The number of nitrogens with zero attached hydrogens (tertiary/aromatic N) is 2. The minimum atomic E-state index is 0.380. The van der Waals surface area contributed by atoms with Crippen molar-refractivity contribution in [2.75, 3.05) is 11.9 Å². The molecule has 2 aromatic carbocycles. The molecular weight excluding hydrogens is 372 g/mol. The van der Waals surface area contributed by atoms with Crippen LogP contribution in [-0.4, -0.2) is 11.5 Å². The molecule has 5 nitrogen and oxygen atoms in total. The van der Waals surface area contributed by atoms with Crippen LogP contribution in [0, 0.1) is 11.3 Å². The number of hydrogen-bond acceptors (Lipinski definition) is 5. The van der Waals surface area contributed by atoms with Crippen LogP contribution in [0.25, 0.3) is 10.8 Å². The Morgan fingerprint density at radius 2 is 1.97 bits per heavy atom. The van der Waals surface area contributed by atoms with Gasteiger partial charge in [-0.1, -0.05) is 49.9 Å². The summed E-state index contributed by atoms with van der Waals surface area (Å²) < 4.78 is 5.98. The van der Waals surface area contributed by atoms with Crippen molar-refractivity contribution in [3.05, 3.63) is 84.2 Å². The molecule has 0 spiro atoms. The number of rotatable bonds is 9. The Bertz CT molecular complexity index is 1090. The van der Waals surface area contributed by atoms with Crippen LogP contribution in [0.15, 0.2) is 78.6 Å². The lowest BCUT2D eigenvalue weighted by molar-refractivity contribution is 0.464. The lowest BCUT2D eigenvalue weighted by atomic mass is 10.1. The van der Waals surface area contributed by atoms with Gasteiger partial charge >= 0.3 is 0 Å². The van der Waals surface area contributed by atoms with E-state index in [1.807, 2.05) is 67.6 Å². The average molecular weight is 399 g/mol. The summed E-state index contributed by atoms with van der Waals surface area (Å²) in [6, 6.07) is 19.5. The van der Waals surface area contributed by atoms with Gasteiger partial charge in [0, 0.05) is 29.4 Å². The number of benzene rings is 2. The minimum absolute atomic E-state index is 0.380. The first-order chi connectivity index (χ1) is 14.6. The topological polar surface area (TPSA) is 70.0 Å². The van der Waals surface area contributed by atoms with Crippen molar-refractivity contribution in [3.8, 4) is 17.7 Å². The first kappa shape index (κ1) is 20.9. The normalized spacial score (nSPS) is 11.0. The van der Waals surface area contributed by atoms with Crippen molar-refractivity contribution < 1.29 is 4.74 Å². The smallest absolute Gasteiger partial charge is 0.221 e. The zero-order valence-electron chi connectivity index (χ0n) is 17.4. The zero-order chi connectivity index (χ0) is 21.3. The van der Waals surface area contributed by atoms with E-state index >= 15 is 0 Å². The Hall–Kier alpha value is -3.78. The van der Waals surface area contributed by atoms with E-state index in [0.717, 1.165) is 40.7 Å². The predicted octanol–water partition coefficient (Wildman–Crippen LogP) is 5.92. The second-order valence-electron chi connectivity index (χ2n) is 7.02. The highest BCUT2D eigenvalue weighted by atomic mass is 16.5. The van der Waals surface area contributed by atoms with E-state index < -0.39 is 0 Å². The standard InChI is InChI=1S/C25H26N4O/c1-4-15-27-18(2)16-19(3)28-25-23-8-6-5-7-21(23)17-24(29-25)30-22-11-9-20(10-12-22)13-14-26/h5-12,16-17,27H,3-4,13,15H2,1-2H3,(H,28,29)/b18-16-. The SMILES string of the molecule is C=C(/C=C(/C)NCCC)Nc1nc(Oc2ccc(CC#N)cc2)cc2ccccc12. The molecule has 0 aliphatic carbocycles. The van der Waals surface area contributed by atoms with Crippen molar-refractivity contribution in [3.63, 3.8) is 0 Å². The van der Waals surface area contributed by atoms with E-state index in [2.05, 4.69) is 35.2 Å². The molecule has 0 bridgehead atoms. The number of aromatic nitrogens is 1. The summed E-state index contributed by atoms with van der Waals surface area (Å²) in [6.07, 6.45) is 3.41. The average Bonchev–Trinajstić information content (AvgIpc) is 2.74. The third-order valence-corrected chi connectivity index (χ3v) is 4.47. The highest BCUT2D eigenvalue weighted by Crippen LogP contribution is 2.29. The van der Waals surface area contributed by atoms with Gasteiger partial charge in [0.1, 0.15) is 11.6 Å². The van der Waals surface area contributed by atoms with Gasteiger partial charge in [0.05, 0.1) is 12.5 Å². The Labute approximate surface area is 177 Å². The number of fused-ring (bicyclic) bond motifs is 1. The van der Waals surface area contributed by atoms with Gasteiger partial charge in [0.2, 0.25) is 5.88 Å². The largest absolute Gasteiger partial charge is 0.439 e. The molecule has 0 amide bonds. The van der Waals surface area contributed by atoms with E-state index in [1.165, 1.54) is 0 Å². The summed E-state index contributed by atoms with van der Waals surface area (Å²) in [4.78, 5) is 4.67. The van der Waals surface area contributed by atoms with Gasteiger partial charge in [0.15, 0.2) is 0 Å². The quantitative estimate of drug-likeness (QED) is 0.438. The van der Waals surface area contributed by atoms with Crippen molar-refractivity contribution in [1.29, 1.82) is 5.26 Å². The molecule has 2 N–H and O–H groups in total. The highest BCUT2D eigenvalue weighted by Gasteiger charge is 2.08. The van der Waals surface area contributed by atoms with Gasteiger partial charge in [-0.2, -0.15) is 10.2 Å². The number of pyridine rings is 1. The van der Waals surface area contributed by atoms with E-state index in [9.17, 15) is 0 Å². The maximum atomic E-state index is 8.81. The van der Waals surface area contributed by atoms with Crippen molar-refractivity contribution >= 4 is 16.6 Å². The lowest BCUT2D eigenvalue weighted by Gasteiger charge is -2.13. The fourth-order valence-electron chi connectivity index (χ4n) is 3.03. The molecule has 3 rings (SSSR count). The fraction of sp³-hybridized carbons (Fsp3) is 0.200. The number of hydrogen-bond donors (Lipinski definition) is 2. The molecule has 0 radical (unpaired) electrons. The zero-order valence-corrected chi connectivity index (χ0v) is 17.4. The van der Waals surface area contributed by atoms with Crippen LogP contribution in [0.4, 0.5) is 5.82 Å². The van der Waals surface area contributed by atoms with Crippen LogP contribution in [0.2, 0.25) is 0 Å². The third-order valence-electron chi connectivity index (χ3n) is 4.47. The molecule has 0 unspecified atom stereocenters. The molecule has 30 heavy (non-hydrogen) atoms. The highest BCUT2D eigenvalue weighted by molar-refractivity contribution is 5.93. The van der Waals surface area contributed by atoms with E-state index in [0.29, 0.717) is 23.9 Å². The van der Waals surface area contributed by atoms with Crippen LogP contribution in [0.3, 0.4) is 0 Å². The molecule has 152 valence electrons. The summed E-state index contributed by atoms with van der Waals surface area (Å²) in [5.74, 6) is 1.85. The summed E-state index contributed by atoms with van der Waals surface area (Å²) in [5, 5.41) is 17.5. The molecule has 1 heterocycles. The van der Waals surface area contributed by atoms with Gasteiger partial charge in [-0.25, -0.2) is 0 Å². The predicted molar refractivity (Wildman–Crippen MR) is 122 cm³/mol. The summed E-state index contributed by atoms with van der Waals surface area (Å²) >= 11 is 0. The summed E-state index contributed by atoms with van der Waals surface area (Å²) in [6.45, 7) is 9.18. The molecule has 1 aromatic heterocycles. The molecular formula is C25H26N4O. The Morgan fingerprint density at radius 3 is 2.70 bits per heavy atom. The third kappa shape index (κ3) is 5.62. The van der Waals surface area contributed by atoms with E-state index in [1.54, 1.807) is 0 Å². The van der Waals surface area contributed by atoms with Crippen LogP contribution >= 0.6 is 0 Å². The molecule has 0 fully saturated rings. The van der Waals surface area contributed by atoms with Crippen molar-refractivity contribution in [2.24, 2.45) is 0 Å². The number of ether oxygens (including phenoxy) is 1. The Balaban J connectivity index is 1.85. The number of nitrogens with one attached hydrogen (secondary N) is 2. The Kier molecular flexibility index (Phi) is 7.07. The first-order valence-corrected chi connectivity index (χ1v) is 10.0. The van der Waals surface area contributed by atoms with Gasteiger partial charge in [-0.05, 0) is 42.5 Å². The van der Waals surface area contributed by atoms with Gasteiger partial charge in [0.25, 0.3) is 0 Å². The molecule has 0 saturated heterocycles. The van der Waals surface area contributed by atoms with Crippen LogP contribution in [-0.2, 0) is 6.42 Å². The van der Waals surface area contributed by atoms with E-state index in [-0.39, 0.29) is 0 Å². The second kappa shape index (κ2) is 10.1. The molecule has 0 saturated carbocycles. The second-order valence-corrected chi connectivity index (χ2v) is 7.02. The minimum Gasteiger partial charge on any atom is -0.439 e. The van der Waals surface area contributed by atoms with Gasteiger partial charge in [-0.15, -0.1) is 0 Å². The number of anilines is 1.